The summed E-state index contributed by atoms with van der Waals surface area (Å²) in [6.45, 7) is 3.21. The minimum absolute atomic E-state index is 0.210. The van der Waals surface area contributed by atoms with E-state index >= 15 is 0 Å². The Kier molecular flexibility index (Phi) is 4.83. The smallest absolute Gasteiger partial charge is 0.291 e. The normalized spacial score (nSPS) is 10.7. The summed E-state index contributed by atoms with van der Waals surface area (Å²) in [6, 6.07) is 10.4. The number of carbonyl (C=O) groups is 2. The van der Waals surface area contributed by atoms with Crippen LogP contribution in [0.1, 0.15) is 23.0 Å². The highest BCUT2D eigenvalue weighted by Gasteiger charge is 2.19. The number of hydrogen-bond donors (Lipinski definition) is 2. The Morgan fingerprint density at radius 1 is 1.08 bits per heavy atom. The molecule has 0 fully saturated rings. The van der Waals surface area contributed by atoms with Gasteiger partial charge in [-0.25, -0.2) is 0 Å². The largest absolute Gasteiger partial charge is 0.451 e. The number of rotatable bonds is 3. The van der Waals surface area contributed by atoms with Crippen molar-refractivity contribution >= 4 is 61.7 Å². The van der Waals surface area contributed by atoms with Crippen molar-refractivity contribution in [1.29, 1.82) is 0 Å². The van der Waals surface area contributed by atoms with Crippen molar-refractivity contribution in [3.63, 3.8) is 0 Å². The molecule has 1 heterocycles. The van der Waals surface area contributed by atoms with Crippen LogP contribution in [0.4, 0.5) is 11.4 Å². The Morgan fingerprint density at radius 3 is 2.56 bits per heavy atom. The molecule has 0 atom stereocenters. The first-order chi connectivity index (χ1) is 11.8. The Hall–Kier alpha value is -2.31. The average Bonchev–Trinajstić information content (AvgIpc) is 2.86. The average molecular weight is 422 g/mol. The second kappa shape index (κ2) is 6.90. The third-order valence-electron chi connectivity index (χ3n) is 3.64. The topological polar surface area (TPSA) is 71.3 Å². The van der Waals surface area contributed by atoms with Crippen LogP contribution in [0.15, 0.2) is 45.3 Å². The SMILES string of the molecule is CC(=O)Nc1ccc(Cl)cc1NC(=O)c1oc2ccc(Br)cc2c1C. The Morgan fingerprint density at radius 2 is 1.84 bits per heavy atom. The van der Waals surface area contributed by atoms with Crippen LogP contribution in [0, 0.1) is 6.92 Å². The third-order valence-corrected chi connectivity index (χ3v) is 4.37. The number of nitrogens with one attached hydrogen (secondary N) is 2. The van der Waals surface area contributed by atoms with E-state index < -0.39 is 5.91 Å². The van der Waals surface area contributed by atoms with Crippen molar-refractivity contribution in [2.24, 2.45) is 0 Å². The highest BCUT2D eigenvalue weighted by atomic mass is 79.9. The lowest BCUT2D eigenvalue weighted by Crippen LogP contribution is -2.15. The van der Waals surface area contributed by atoms with Gasteiger partial charge in [0.25, 0.3) is 5.91 Å². The molecule has 2 amide bonds. The number of hydrogen-bond acceptors (Lipinski definition) is 3. The fourth-order valence-corrected chi connectivity index (χ4v) is 3.04. The number of carbonyl (C=O) groups excluding carboxylic acids is 2. The number of anilines is 2. The van der Waals surface area contributed by atoms with Crippen LogP contribution >= 0.6 is 27.5 Å². The van der Waals surface area contributed by atoms with Gasteiger partial charge in [0.1, 0.15) is 5.58 Å². The van der Waals surface area contributed by atoms with Crippen LogP contribution in [0.5, 0.6) is 0 Å². The summed E-state index contributed by atoms with van der Waals surface area (Å²) in [6.07, 6.45) is 0. The van der Waals surface area contributed by atoms with Gasteiger partial charge in [-0.05, 0) is 43.3 Å². The first kappa shape index (κ1) is 17.5. The molecule has 0 unspecified atom stereocenters. The minimum Gasteiger partial charge on any atom is -0.451 e. The highest BCUT2D eigenvalue weighted by molar-refractivity contribution is 9.10. The molecule has 0 aliphatic rings. The first-order valence-corrected chi connectivity index (χ1v) is 8.59. The molecule has 5 nitrogen and oxygen atoms in total. The molecule has 3 aromatic rings. The van der Waals surface area contributed by atoms with Gasteiger partial charge < -0.3 is 15.1 Å². The number of halogens is 2. The molecule has 25 heavy (non-hydrogen) atoms. The summed E-state index contributed by atoms with van der Waals surface area (Å²) < 4.78 is 6.59. The number of fused-ring (bicyclic) bond motifs is 1. The molecular weight excluding hydrogens is 408 g/mol. The molecule has 0 radical (unpaired) electrons. The van der Waals surface area contributed by atoms with Crippen LogP contribution < -0.4 is 10.6 Å². The monoisotopic (exact) mass is 420 g/mol. The predicted molar refractivity (Wildman–Crippen MR) is 102 cm³/mol. The number of amides is 2. The lowest BCUT2D eigenvalue weighted by atomic mass is 10.1. The maximum atomic E-state index is 12.7. The lowest BCUT2D eigenvalue weighted by Gasteiger charge is -2.11. The van der Waals surface area contributed by atoms with Gasteiger partial charge in [0.2, 0.25) is 5.91 Å². The third kappa shape index (κ3) is 3.70. The van der Waals surface area contributed by atoms with Gasteiger partial charge in [-0.1, -0.05) is 27.5 Å². The van der Waals surface area contributed by atoms with E-state index in [-0.39, 0.29) is 11.7 Å². The Bertz CT molecular complexity index is 997. The molecule has 128 valence electrons. The van der Waals surface area contributed by atoms with E-state index in [1.807, 2.05) is 19.1 Å². The maximum Gasteiger partial charge on any atom is 0.291 e. The van der Waals surface area contributed by atoms with E-state index in [1.165, 1.54) is 6.92 Å². The molecule has 0 saturated carbocycles. The fourth-order valence-electron chi connectivity index (χ4n) is 2.51. The van der Waals surface area contributed by atoms with Gasteiger partial charge in [-0.2, -0.15) is 0 Å². The number of benzene rings is 2. The Labute approximate surface area is 157 Å². The predicted octanol–water partition coefficient (Wildman–Crippen LogP) is 5.37. The first-order valence-electron chi connectivity index (χ1n) is 7.42. The van der Waals surface area contributed by atoms with E-state index in [0.29, 0.717) is 22.0 Å². The zero-order chi connectivity index (χ0) is 18.1. The molecule has 7 heteroatoms. The summed E-state index contributed by atoms with van der Waals surface area (Å²) in [4.78, 5) is 24.0. The van der Waals surface area contributed by atoms with Crippen molar-refractivity contribution in [2.45, 2.75) is 13.8 Å². The molecule has 0 saturated heterocycles. The van der Waals surface area contributed by atoms with E-state index in [4.69, 9.17) is 16.0 Å². The van der Waals surface area contributed by atoms with Crippen molar-refractivity contribution in [1.82, 2.24) is 0 Å². The summed E-state index contributed by atoms with van der Waals surface area (Å²) in [5.41, 5.74) is 2.21. The fraction of sp³-hybridized carbons (Fsp3) is 0.111. The Balaban J connectivity index is 1.96. The quantitative estimate of drug-likeness (QED) is 0.597. The van der Waals surface area contributed by atoms with Crippen molar-refractivity contribution < 1.29 is 14.0 Å². The second-order valence-corrected chi connectivity index (χ2v) is 6.87. The van der Waals surface area contributed by atoms with Crippen molar-refractivity contribution in [2.75, 3.05) is 10.6 Å². The van der Waals surface area contributed by atoms with Crippen LogP contribution in [-0.2, 0) is 4.79 Å². The van der Waals surface area contributed by atoms with Crippen LogP contribution in [0.2, 0.25) is 5.02 Å². The van der Waals surface area contributed by atoms with E-state index in [0.717, 1.165) is 15.4 Å². The van der Waals surface area contributed by atoms with Gasteiger partial charge >= 0.3 is 0 Å². The van der Waals surface area contributed by atoms with E-state index in [9.17, 15) is 9.59 Å². The summed E-state index contributed by atoms with van der Waals surface area (Å²) in [5.74, 6) is -0.455. The van der Waals surface area contributed by atoms with Crippen molar-refractivity contribution in [3.8, 4) is 0 Å². The zero-order valence-corrected chi connectivity index (χ0v) is 15.8. The van der Waals surface area contributed by atoms with E-state index in [1.54, 1.807) is 24.3 Å². The van der Waals surface area contributed by atoms with Gasteiger partial charge in [0.05, 0.1) is 11.4 Å². The molecule has 3 rings (SSSR count). The molecular formula is C18H14BrClN2O3. The van der Waals surface area contributed by atoms with Crippen molar-refractivity contribution in [3.05, 3.63) is 57.2 Å². The van der Waals surface area contributed by atoms with Gasteiger partial charge in [0, 0.05) is 27.4 Å². The summed E-state index contributed by atoms with van der Waals surface area (Å²) in [5, 5.41) is 6.70. The van der Waals surface area contributed by atoms with Crippen LogP contribution in [0.25, 0.3) is 11.0 Å². The summed E-state index contributed by atoms with van der Waals surface area (Å²) in [7, 11) is 0. The molecule has 0 spiro atoms. The van der Waals surface area contributed by atoms with Crippen LogP contribution in [-0.4, -0.2) is 11.8 Å². The minimum atomic E-state index is -0.418. The van der Waals surface area contributed by atoms with Gasteiger partial charge in [0.15, 0.2) is 5.76 Å². The standard InChI is InChI=1S/C18H14BrClN2O3/c1-9-13-7-11(19)3-6-16(13)25-17(9)18(24)22-15-8-12(20)4-5-14(15)21-10(2)23/h3-8H,1-2H3,(H,21,23)(H,22,24). The van der Waals surface area contributed by atoms with E-state index in [2.05, 4.69) is 26.6 Å². The van der Waals surface area contributed by atoms with Gasteiger partial charge in [-0.3, -0.25) is 9.59 Å². The molecule has 0 bridgehead atoms. The number of aryl methyl sites for hydroxylation is 1. The number of furan rings is 1. The molecule has 1 aromatic heterocycles. The van der Waals surface area contributed by atoms with Gasteiger partial charge in [-0.15, -0.1) is 0 Å². The molecule has 0 aliphatic heterocycles. The zero-order valence-electron chi connectivity index (χ0n) is 13.4. The second-order valence-electron chi connectivity index (χ2n) is 5.52. The molecule has 0 aliphatic carbocycles. The highest BCUT2D eigenvalue weighted by Crippen LogP contribution is 2.30. The maximum absolute atomic E-state index is 12.7. The summed E-state index contributed by atoms with van der Waals surface area (Å²) >= 11 is 9.41. The molecule has 2 aromatic carbocycles. The lowest BCUT2D eigenvalue weighted by molar-refractivity contribution is -0.114. The molecule has 2 N–H and O–H groups in total. The van der Waals surface area contributed by atoms with Crippen LogP contribution in [0.3, 0.4) is 0 Å².